The molecule has 6 nitrogen and oxygen atoms in total. The number of carbonyl (C=O) groups is 1. The van der Waals surface area contributed by atoms with E-state index in [1.54, 1.807) is 4.90 Å². The highest BCUT2D eigenvalue weighted by Crippen LogP contribution is 2.38. The molecule has 28 heavy (non-hydrogen) atoms. The number of carbonyl (C=O) groups excluding carboxylic acids is 1. The van der Waals surface area contributed by atoms with Gasteiger partial charge in [-0.15, -0.1) is 0 Å². The first-order valence-electron chi connectivity index (χ1n) is 9.47. The van der Waals surface area contributed by atoms with Crippen LogP contribution in [0, 0.1) is 0 Å². The summed E-state index contributed by atoms with van der Waals surface area (Å²) in [6.45, 7) is 7.67. The molecular formula is C19H26F3N3O3. The van der Waals surface area contributed by atoms with Crippen LogP contribution in [-0.2, 0) is 12.6 Å². The average molecular weight is 401 g/mol. The molecule has 156 valence electrons. The molecule has 0 fully saturated rings. The highest BCUT2D eigenvalue weighted by atomic mass is 19.4. The second kappa shape index (κ2) is 9.66. The molecule has 2 amide bonds. The molecule has 0 radical (unpaired) electrons. The van der Waals surface area contributed by atoms with Crippen LogP contribution >= 0.6 is 0 Å². The second-order valence-electron chi connectivity index (χ2n) is 6.32. The molecule has 2 rings (SSSR count). The second-order valence-corrected chi connectivity index (χ2v) is 6.32. The van der Waals surface area contributed by atoms with Gasteiger partial charge in [-0.05, 0) is 38.8 Å². The van der Waals surface area contributed by atoms with Crippen molar-refractivity contribution in [3.8, 4) is 5.75 Å². The van der Waals surface area contributed by atoms with Crippen molar-refractivity contribution in [2.45, 2.75) is 46.2 Å². The molecule has 0 bridgehead atoms. The minimum Gasteiger partial charge on any atom is -0.493 e. The van der Waals surface area contributed by atoms with E-state index >= 15 is 0 Å². The van der Waals surface area contributed by atoms with Gasteiger partial charge in [0.1, 0.15) is 5.75 Å². The molecule has 1 aromatic carbocycles. The Morgan fingerprint density at radius 3 is 2.64 bits per heavy atom. The van der Waals surface area contributed by atoms with E-state index in [0.717, 1.165) is 6.42 Å². The number of aromatic nitrogens is 1. The molecule has 0 saturated heterocycles. The number of alkyl halides is 3. The number of urea groups is 1. The molecular weight excluding hydrogens is 375 g/mol. The Bertz CT molecular complexity index is 790. The van der Waals surface area contributed by atoms with Crippen molar-refractivity contribution in [2.24, 2.45) is 0 Å². The van der Waals surface area contributed by atoms with Gasteiger partial charge in [0.25, 0.3) is 0 Å². The van der Waals surface area contributed by atoms with E-state index in [1.807, 2.05) is 20.8 Å². The maximum Gasteiger partial charge on any atom is 0.437 e. The van der Waals surface area contributed by atoms with Gasteiger partial charge in [0.15, 0.2) is 11.3 Å². The van der Waals surface area contributed by atoms with Crippen LogP contribution in [0.4, 0.5) is 18.0 Å². The highest BCUT2D eigenvalue weighted by Gasteiger charge is 2.37. The quantitative estimate of drug-likeness (QED) is 0.623. The molecule has 0 unspecified atom stereocenters. The molecule has 1 heterocycles. The van der Waals surface area contributed by atoms with Crippen LogP contribution in [0.2, 0.25) is 0 Å². The fraction of sp³-hybridized carbons (Fsp3) is 0.579. The highest BCUT2D eigenvalue weighted by molar-refractivity contribution is 5.85. The summed E-state index contributed by atoms with van der Waals surface area (Å²) in [5.41, 5.74) is -0.324. The zero-order chi connectivity index (χ0) is 20.7. The molecule has 0 aliphatic rings. The number of benzene rings is 1. The van der Waals surface area contributed by atoms with Gasteiger partial charge in [0.2, 0.25) is 0 Å². The Morgan fingerprint density at radius 2 is 2.04 bits per heavy atom. The molecule has 0 atom stereocenters. The third-order valence-electron chi connectivity index (χ3n) is 4.30. The predicted octanol–water partition coefficient (Wildman–Crippen LogP) is 4.62. The average Bonchev–Trinajstić information content (AvgIpc) is 3.08. The van der Waals surface area contributed by atoms with Crippen LogP contribution in [0.5, 0.6) is 5.75 Å². The van der Waals surface area contributed by atoms with E-state index in [1.165, 1.54) is 12.1 Å². The Morgan fingerprint density at radius 1 is 1.29 bits per heavy atom. The molecule has 9 heteroatoms. The lowest BCUT2D eigenvalue weighted by Gasteiger charge is -2.21. The summed E-state index contributed by atoms with van der Waals surface area (Å²) in [6, 6.07) is 2.73. The number of aryl methyl sites for hydroxylation is 1. The van der Waals surface area contributed by atoms with Crippen molar-refractivity contribution in [3.63, 3.8) is 0 Å². The summed E-state index contributed by atoms with van der Waals surface area (Å²) in [6.07, 6.45) is -2.74. The summed E-state index contributed by atoms with van der Waals surface area (Å²) in [5.74, 6) is 0.486. The molecule has 0 saturated carbocycles. The third-order valence-corrected chi connectivity index (χ3v) is 4.30. The molecule has 1 N–H and O–H groups in total. The maximum atomic E-state index is 13.1. The Kier molecular flexibility index (Phi) is 7.53. The summed E-state index contributed by atoms with van der Waals surface area (Å²) in [7, 11) is 0. The van der Waals surface area contributed by atoms with Gasteiger partial charge < -0.3 is 19.5 Å². The molecule has 0 aliphatic heterocycles. The number of halogens is 3. The van der Waals surface area contributed by atoms with Crippen LogP contribution in [0.15, 0.2) is 16.7 Å². The van der Waals surface area contributed by atoms with Crippen molar-refractivity contribution in [2.75, 3.05) is 26.2 Å². The number of fused-ring (bicyclic) bond motifs is 1. The van der Waals surface area contributed by atoms with Gasteiger partial charge in [-0.3, -0.25) is 0 Å². The maximum absolute atomic E-state index is 13.1. The zero-order valence-electron chi connectivity index (χ0n) is 16.4. The van der Waals surface area contributed by atoms with Crippen LogP contribution in [-0.4, -0.2) is 42.3 Å². The van der Waals surface area contributed by atoms with Crippen molar-refractivity contribution in [3.05, 3.63) is 23.4 Å². The Hall–Kier alpha value is -2.45. The molecule has 0 aliphatic carbocycles. The number of nitrogens with one attached hydrogen (secondary N) is 1. The lowest BCUT2D eigenvalue weighted by Crippen LogP contribution is -2.40. The van der Waals surface area contributed by atoms with E-state index in [2.05, 4.69) is 10.5 Å². The number of hydrogen-bond acceptors (Lipinski definition) is 4. The minimum absolute atomic E-state index is 0.0586. The monoisotopic (exact) mass is 401 g/mol. The van der Waals surface area contributed by atoms with Crippen molar-refractivity contribution < 1.29 is 27.2 Å². The summed E-state index contributed by atoms with van der Waals surface area (Å²) >= 11 is 0. The Labute approximate surface area is 162 Å². The van der Waals surface area contributed by atoms with Crippen LogP contribution < -0.4 is 10.1 Å². The molecule has 2 aromatic rings. The van der Waals surface area contributed by atoms with Crippen LogP contribution in [0.25, 0.3) is 11.0 Å². The number of ether oxygens (including phenoxy) is 1. The SMILES string of the molecule is CCCc1c(OCCCN(CC)C(=O)NCC)ccc2c(C(F)(F)F)noc12. The van der Waals surface area contributed by atoms with E-state index < -0.39 is 11.9 Å². The van der Waals surface area contributed by atoms with Crippen LogP contribution in [0.1, 0.15) is 44.9 Å². The van der Waals surface area contributed by atoms with Gasteiger partial charge in [-0.25, -0.2) is 4.79 Å². The smallest absolute Gasteiger partial charge is 0.437 e. The van der Waals surface area contributed by atoms with E-state index in [9.17, 15) is 18.0 Å². The number of rotatable bonds is 9. The van der Waals surface area contributed by atoms with Gasteiger partial charge >= 0.3 is 12.2 Å². The zero-order valence-corrected chi connectivity index (χ0v) is 16.4. The molecule has 0 spiro atoms. The lowest BCUT2D eigenvalue weighted by molar-refractivity contribution is -0.141. The third kappa shape index (κ3) is 5.08. The van der Waals surface area contributed by atoms with Crippen molar-refractivity contribution in [1.29, 1.82) is 0 Å². The van der Waals surface area contributed by atoms with Crippen molar-refractivity contribution >= 4 is 17.0 Å². The Balaban J connectivity index is 2.10. The van der Waals surface area contributed by atoms with Crippen LogP contribution in [0.3, 0.4) is 0 Å². The fourth-order valence-corrected chi connectivity index (χ4v) is 2.97. The number of amides is 2. The predicted molar refractivity (Wildman–Crippen MR) is 99.4 cm³/mol. The summed E-state index contributed by atoms with van der Waals surface area (Å²) < 4.78 is 50.0. The van der Waals surface area contributed by atoms with Gasteiger partial charge in [0, 0.05) is 25.2 Å². The van der Waals surface area contributed by atoms with E-state index in [0.29, 0.717) is 50.4 Å². The van der Waals surface area contributed by atoms with Crippen molar-refractivity contribution in [1.82, 2.24) is 15.4 Å². The normalized spacial score (nSPS) is 11.6. The fourth-order valence-electron chi connectivity index (χ4n) is 2.97. The lowest BCUT2D eigenvalue weighted by atomic mass is 10.0. The number of nitrogens with zero attached hydrogens (tertiary/aromatic N) is 2. The topological polar surface area (TPSA) is 67.6 Å². The van der Waals surface area contributed by atoms with Gasteiger partial charge in [-0.2, -0.15) is 13.2 Å². The largest absolute Gasteiger partial charge is 0.493 e. The van der Waals surface area contributed by atoms with E-state index in [4.69, 9.17) is 9.26 Å². The summed E-state index contributed by atoms with van der Waals surface area (Å²) in [5, 5.41) is 5.90. The summed E-state index contributed by atoms with van der Waals surface area (Å²) in [4.78, 5) is 13.5. The first-order valence-corrected chi connectivity index (χ1v) is 9.47. The minimum atomic E-state index is -4.57. The van der Waals surface area contributed by atoms with E-state index in [-0.39, 0.29) is 17.0 Å². The van der Waals surface area contributed by atoms with Gasteiger partial charge in [-0.1, -0.05) is 18.5 Å². The first kappa shape index (κ1) is 21.8. The standard InChI is InChI=1S/C19H26F3N3O3/c1-4-8-13-15(27-12-7-11-25(6-3)18(26)23-5-2)10-9-14-16(13)28-24-17(14)19(20,21)22/h9-10H,4-8,11-12H2,1-3H3,(H,23,26). The molecule has 1 aromatic heterocycles. The first-order chi connectivity index (χ1) is 13.3. The number of hydrogen-bond donors (Lipinski definition) is 1. The van der Waals surface area contributed by atoms with Gasteiger partial charge in [0.05, 0.1) is 12.0 Å².